The molecule has 78 valence electrons. The second-order valence-corrected chi connectivity index (χ2v) is 3.91. The quantitative estimate of drug-likeness (QED) is 0.615. The number of nitrogens with one attached hydrogen (secondary N) is 1. The maximum Gasteiger partial charge on any atom is 0.249 e. The first-order chi connectivity index (χ1) is 6.56. The Hall–Kier alpha value is -1.04. The molecule has 3 amide bonds. The molecule has 0 spiro atoms. The number of hydrogen-bond acceptors (Lipinski definition) is 4. The zero-order chi connectivity index (χ0) is 10.7. The molecule has 0 aromatic heterocycles. The minimum atomic E-state index is -0.549. The Morgan fingerprint density at radius 2 is 2.29 bits per heavy atom. The normalized spacial score (nSPS) is 22.1. The molecule has 5 nitrogen and oxygen atoms in total. The molecule has 1 atom stereocenters. The molecular weight excluding hydrogens is 204 g/mol. The maximum absolute atomic E-state index is 11.5. The zero-order valence-electron chi connectivity index (χ0n) is 8.07. The van der Waals surface area contributed by atoms with Gasteiger partial charge in [0.15, 0.2) is 0 Å². The van der Waals surface area contributed by atoms with Crippen molar-refractivity contribution in [2.75, 3.05) is 18.6 Å². The summed E-state index contributed by atoms with van der Waals surface area (Å²) in [6.45, 7) is 1.59. The molecule has 0 bridgehead atoms. The molecular formula is C8H12N2O3S. The number of piperazine rings is 1. The van der Waals surface area contributed by atoms with Gasteiger partial charge < -0.3 is 4.90 Å². The summed E-state index contributed by atoms with van der Waals surface area (Å²) in [5.74, 6) is -0.697. The number of carbonyl (C=O) groups excluding carboxylic acids is 3. The van der Waals surface area contributed by atoms with Gasteiger partial charge >= 0.3 is 0 Å². The Balaban J connectivity index is 2.71. The van der Waals surface area contributed by atoms with Crippen LogP contribution < -0.4 is 5.32 Å². The lowest BCUT2D eigenvalue weighted by Crippen LogP contribution is -2.58. The summed E-state index contributed by atoms with van der Waals surface area (Å²) in [4.78, 5) is 35.0. The van der Waals surface area contributed by atoms with Gasteiger partial charge in [0.05, 0.1) is 5.75 Å². The van der Waals surface area contributed by atoms with Gasteiger partial charge in [-0.2, -0.15) is 11.8 Å². The van der Waals surface area contributed by atoms with E-state index in [0.717, 1.165) is 0 Å². The van der Waals surface area contributed by atoms with Crippen LogP contribution in [0.1, 0.15) is 6.92 Å². The maximum atomic E-state index is 11.5. The number of carbonyl (C=O) groups is 3. The summed E-state index contributed by atoms with van der Waals surface area (Å²) >= 11 is 1.37. The van der Waals surface area contributed by atoms with Crippen molar-refractivity contribution < 1.29 is 14.4 Å². The fourth-order valence-corrected chi connectivity index (χ4v) is 1.64. The summed E-state index contributed by atoms with van der Waals surface area (Å²) in [7, 11) is 0. The molecule has 1 saturated heterocycles. The van der Waals surface area contributed by atoms with Crippen LogP contribution in [0.4, 0.5) is 0 Å². The number of amides is 3. The molecule has 1 rings (SSSR count). The molecule has 0 saturated carbocycles. The van der Waals surface area contributed by atoms with Crippen molar-refractivity contribution in [3.8, 4) is 0 Å². The van der Waals surface area contributed by atoms with Crippen LogP contribution in [0.15, 0.2) is 0 Å². The average molecular weight is 216 g/mol. The lowest BCUT2D eigenvalue weighted by molar-refractivity contribution is -0.148. The highest BCUT2D eigenvalue weighted by atomic mass is 32.2. The molecule has 1 heterocycles. The molecule has 1 aliphatic rings. The molecule has 1 N–H and O–H groups in total. The van der Waals surface area contributed by atoms with Crippen LogP contribution >= 0.6 is 11.8 Å². The first-order valence-electron chi connectivity index (χ1n) is 4.18. The van der Waals surface area contributed by atoms with Crippen molar-refractivity contribution >= 4 is 29.5 Å². The third-order valence-electron chi connectivity index (χ3n) is 2.01. The fourth-order valence-electron chi connectivity index (χ4n) is 1.23. The standard InChI is InChI=1S/C8H12N2O3S/c1-5-8(13)9-6(11)3-10(5)7(12)4-14-2/h5H,3-4H2,1-2H3,(H,9,11,13). The lowest BCUT2D eigenvalue weighted by Gasteiger charge is -2.31. The smallest absolute Gasteiger partial charge is 0.249 e. The van der Waals surface area contributed by atoms with E-state index in [2.05, 4.69) is 5.32 Å². The van der Waals surface area contributed by atoms with E-state index in [-0.39, 0.29) is 12.5 Å². The van der Waals surface area contributed by atoms with E-state index in [9.17, 15) is 14.4 Å². The molecule has 6 heteroatoms. The van der Waals surface area contributed by atoms with E-state index in [1.54, 1.807) is 13.2 Å². The van der Waals surface area contributed by atoms with Gasteiger partial charge in [0, 0.05) is 0 Å². The summed E-state index contributed by atoms with van der Waals surface area (Å²) in [6, 6.07) is -0.549. The minimum Gasteiger partial charge on any atom is -0.321 e. The monoisotopic (exact) mass is 216 g/mol. The second-order valence-electron chi connectivity index (χ2n) is 3.04. The second kappa shape index (κ2) is 4.45. The van der Waals surface area contributed by atoms with Gasteiger partial charge in [-0.25, -0.2) is 0 Å². The van der Waals surface area contributed by atoms with Gasteiger partial charge in [-0.05, 0) is 13.2 Å². The average Bonchev–Trinajstić information content (AvgIpc) is 2.11. The van der Waals surface area contributed by atoms with Crippen LogP contribution in [-0.2, 0) is 14.4 Å². The van der Waals surface area contributed by atoms with Crippen LogP contribution in [0.3, 0.4) is 0 Å². The summed E-state index contributed by atoms with van der Waals surface area (Å²) in [5.41, 5.74) is 0. The number of rotatable bonds is 2. The van der Waals surface area contributed by atoms with E-state index in [4.69, 9.17) is 0 Å². The Kier molecular flexibility index (Phi) is 3.51. The molecule has 1 unspecified atom stereocenters. The third kappa shape index (κ3) is 2.25. The van der Waals surface area contributed by atoms with Crippen LogP contribution in [0.5, 0.6) is 0 Å². The van der Waals surface area contributed by atoms with Gasteiger partial charge in [0.2, 0.25) is 17.7 Å². The molecule has 0 aliphatic carbocycles. The Bertz CT molecular complexity index is 280. The third-order valence-corrected chi connectivity index (χ3v) is 2.55. The van der Waals surface area contributed by atoms with E-state index in [0.29, 0.717) is 5.75 Å². The molecule has 14 heavy (non-hydrogen) atoms. The molecule has 1 fully saturated rings. The zero-order valence-corrected chi connectivity index (χ0v) is 8.89. The van der Waals surface area contributed by atoms with Crippen molar-refractivity contribution in [3.63, 3.8) is 0 Å². The molecule has 1 aliphatic heterocycles. The van der Waals surface area contributed by atoms with E-state index < -0.39 is 17.9 Å². The largest absolute Gasteiger partial charge is 0.321 e. The van der Waals surface area contributed by atoms with Gasteiger partial charge in [-0.15, -0.1) is 0 Å². The highest BCUT2D eigenvalue weighted by molar-refractivity contribution is 7.99. The predicted molar refractivity (Wildman–Crippen MR) is 52.7 cm³/mol. The van der Waals surface area contributed by atoms with Gasteiger partial charge in [-0.3, -0.25) is 19.7 Å². The van der Waals surface area contributed by atoms with Gasteiger partial charge in [-0.1, -0.05) is 0 Å². The van der Waals surface area contributed by atoms with Crippen molar-refractivity contribution in [1.82, 2.24) is 10.2 Å². The van der Waals surface area contributed by atoms with E-state index >= 15 is 0 Å². The van der Waals surface area contributed by atoms with Crippen LogP contribution in [0.2, 0.25) is 0 Å². The Labute approximate surface area is 86.2 Å². The van der Waals surface area contributed by atoms with E-state index in [1.807, 2.05) is 0 Å². The van der Waals surface area contributed by atoms with Gasteiger partial charge in [0.25, 0.3) is 0 Å². The molecule has 0 aromatic rings. The van der Waals surface area contributed by atoms with Crippen molar-refractivity contribution in [2.45, 2.75) is 13.0 Å². The summed E-state index contributed by atoms with van der Waals surface area (Å²) in [5, 5.41) is 2.18. The Morgan fingerprint density at radius 3 is 2.86 bits per heavy atom. The number of hydrogen-bond donors (Lipinski definition) is 1. The minimum absolute atomic E-state index is 0.0215. The number of thioether (sulfide) groups is 1. The topological polar surface area (TPSA) is 66.5 Å². The SMILES string of the molecule is CSCC(=O)N1CC(=O)NC(=O)C1C. The van der Waals surface area contributed by atoms with Crippen molar-refractivity contribution in [2.24, 2.45) is 0 Å². The lowest BCUT2D eigenvalue weighted by atomic mass is 10.2. The van der Waals surface area contributed by atoms with E-state index in [1.165, 1.54) is 16.7 Å². The number of imide groups is 1. The van der Waals surface area contributed by atoms with Gasteiger partial charge in [0.1, 0.15) is 12.6 Å². The number of nitrogens with zero attached hydrogens (tertiary/aromatic N) is 1. The highest BCUT2D eigenvalue weighted by Gasteiger charge is 2.32. The van der Waals surface area contributed by atoms with Crippen LogP contribution in [0.25, 0.3) is 0 Å². The van der Waals surface area contributed by atoms with Crippen LogP contribution in [0, 0.1) is 0 Å². The Morgan fingerprint density at radius 1 is 1.64 bits per heavy atom. The summed E-state index contributed by atoms with van der Waals surface area (Å²) < 4.78 is 0. The van der Waals surface area contributed by atoms with Crippen LogP contribution in [-0.4, -0.2) is 47.2 Å². The first kappa shape index (κ1) is 11.0. The van der Waals surface area contributed by atoms with Crippen molar-refractivity contribution in [1.29, 1.82) is 0 Å². The summed E-state index contributed by atoms with van der Waals surface area (Å²) in [6.07, 6.45) is 1.80. The molecule has 0 radical (unpaired) electrons. The first-order valence-corrected chi connectivity index (χ1v) is 5.57. The molecule has 0 aromatic carbocycles. The van der Waals surface area contributed by atoms with Crippen molar-refractivity contribution in [3.05, 3.63) is 0 Å². The predicted octanol–water partition coefficient (Wildman–Crippen LogP) is -0.777. The highest BCUT2D eigenvalue weighted by Crippen LogP contribution is 2.07. The fraction of sp³-hybridized carbons (Fsp3) is 0.625.